The lowest BCUT2D eigenvalue weighted by Crippen LogP contribution is -2.19. The zero-order chi connectivity index (χ0) is 14.4. The van der Waals surface area contributed by atoms with E-state index in [1.165, 1.54) is 13.5 Å². The first kappa shape index (κ1) is 15.0. The first-order valence-electron chi connectivity index (χ1n) is 7.60. The molecular formula is C17H24O3. The number of fused-ring (bicyclic) bond motifs is 2. The average Bonchev–Trinajstić information content (AvgIpc) is 3.05. The number of hydrogen-bond donors (Lipinski definition) is 0. The Morgan fingerprint density at radius 2 is 1.90 bits per heavy atom. The van der Waals surface area contributed by atoms with Crippen LogP contribution in [0.5, 0.6) is 0 Å². The summed E-state index contributed by atoms with van der Waals surface area (Å²) in [5, 5.41) is 0. The van der Waals surface area contributed by atoms with E-state index in [9.17, 15) is 9.59 Å². The summed E-state index contributed by atoms with van der Waals surface area (Å²) in [4.78, 5) is 21.8. The van der Waals surface area contributed by atoms with Gasteiger partial charge >= 0.3 is 5.97 Å². The maximum Gasteiger partial charge on any atom is 0.305 e. The second-order valence-electron chi connectivity index (χ2n) is 5.85. The number of carbonyl (C=O) groups excluding carboxylic acids is 2. The molecular weight excluding hydrogens is 252 g/mol. The van der Waals surface area contributed by atoms with Gasteiger partial charge in [0.05, 0.1) is 7.11 Å². The van der Waals surface area contributed by atoms with Gasteiger partial charge in [-0.2, -0.15) is 0 Å². The molecule has 4 atom stereocenters. The highest BCUT2D eigenvalue weighted by Gasteiger charge is 2.42. The molecule has 110 valence electrons. The van der Waals surface area contributed by atoms with Crippen LogP contribution in [0, 0.1) is 23.7 Å². The van der Waals surface area contributed by atoms with Crippen LogP contribution in [0.3, 0.4) is 0 Å². The van der Waals surface area contributed by atoms with Crippen LogP contribution in [0.25, 0.3) is 0 Å². The van der Waals surface area contributed by atoms with Crippen molar-refractivity contribution in [1.29, 1.82) is 0 Å². The molecule has 2 aliphatic carbocycles. The number of aldehydes is 1. The third kappa shape index (κ3) is 3.59. The highest BCUT2D eigenvalue weighted by atomic mass is 16.5. The maximum atomic E-state index is 11.0. The molecule has 4 unspecified atom stereocenters. The van der Waals surface area contributed by atoms with Gasteiger partial charge in [-0.3, -0.25) is 4.79 Å². The number of allylic oxidation sites excluding steroid dienone is 4. The van der Waals surface area contributed by atoms with Gasteiger partial charge in [0.25, 0.3) is 0 Å². The number of hydrogen-bond acceptors (Lipinski definition) is 3. The van der Waals surface area contributed by atoms with Crippen LogP contribution in [0.1, 0.15) is 38.5 Å². The van der Waals surface area contributed by atoms with E-state index in [-0.39, 0.29) is 5.97 Å². The molecule has 0 spiro atoms. The predicted octanol–water partition coefficient (Wildman–Crippen LogP) is 3.30. The van der Waals surface area contributed by atoms with Crippen molar-refractivity contribution in [2.45, 2.75) is 38.5 Å². The monoisotopic (exact) mass is 276 g/mol. The molecule has 1 fully saturated rings. The maximum absolute atomic E-state index is 11.0. The Kier molecular flexibility index (Phi) is 5.57. The molecule has 0 aromatic rings. The van der Waals surface area contributed by atoms with Gasteiger partial charge in [-0.15, -0.1) is 0 Å². The Balaban J connectivity index is 1.71. The van der Waals surface area contributed by atoms with Gasteiger partial charge in [-0.05, 0) is 49.4 Å². The fraction of sp³-hybridized carbons (Fsp3) is 0.647. The standard InChI is InChI=1S/C17H24O3/c1-20-17(19)7-5-3-2-4-6-15-13-8-9-14(12-13)16(15)10-11-18/h2,4,8-9,11,13-16H,3,5-7,10,12H2,1H3. The lowest BCUT2D eigenvalue weighted by Gasteiger charge is -2.25. The number of unbranched alkanes of at least 4 members (excludes halogenated alkanes) is 1. The highest BCUT2D eigenvalue weighted by molar-refractivity contribution is 5.69. The minimum atomic E-state index is -0.136. The summed E-state index contributed by atoms with van der Waals surface area (Å²) in [6.07, 6.45) is 15.4. The topological polar surface area (TPSA) is 43.4 Å². The van der Waals surface area contributed by atoms with Crippen molar-refractivity contribution in [3.8, 4) is 0 Å². The molecule has 2 bridgehead atoms. The van der Waals surface area contributed by atoms with Gasteiger partial charge in [-0.25, -0.2) is 0 Å². The molecule has 1 saturated carbocycles. The lowest BCUT2D eigenvalue weighted by atomic mass is 9.79. The van der Waals surface area contributed by atoms with Crippen molar-refractivity contribution in [1.82, 2.24) is 0 Å². The second kappa shape index (κ2) is 7.41. The van der Waals surface area contributed by atoms with Gasteiger partial charge in [0.15, 0.2) is 0 Å². The van der Waals surface area contributed by atoms with Crippen molar-refractivity contribution < 1.29 is 14.3 Å². The third-order valence-electron chi connectivity index (χ3n) is 4.72. The van der Waals surface area contributed by atoms with Crippen LogP contribution in [-0.2, 0) is 14.3 Å². The summed E-state index contributed by atoms with van der Waals surface area (Å²) >= 11 is 0. The van der Waals surface area contributed by atoms with E-state index < -0.39 is 0 Å². The van der Waals surface area contributed by atoms with Crippen LogP contribution < -0.4 is 0 Å². The van der Waals surface area contributed by atoms with Crippen LogP contribution in [0.2, 0.25) is 0 Å². The zero-order valence-electron chi connectivity index (χ0n) is 12.2. The van der Waals surface area contributed by atoms with Crippen LogP contribution >= 0.6 is 0 Å². The molecule has 2 aliphatic rings. The average molecular weight is 276 g/mol. The van der Waals surface area contributed by atoms with Crippen molar-refractivity contribution in [3.05, 3.63) is 24.3 Å². The normalized spacial score (nSPS) is 31.1. The summed E-state index contributed by atoms with van der Waals surface area (Å²) in [5.41, 5.74) is 0. The summed E-state index contributed by atoms with van der Waals surface area (Å²) < 4.78 is 4.61. The molecule has 0 saturated heterocycles. The fourth-order valence-corrected chi connectivity index (χ4v) is 3.67. The zero-order valence-corrected chi connectivity index (χ0v) is 12.2. The summed E-state index contributed by atoms with van der Waals surface area (Å²) in [6, 6.07) is 0. The molecule has 0 amide bonds. The predicted molar refractivity (Wildman–Crippen MR) is 78.0 cm³/mol. The summed E-state index contributed by atoms with van der Waals surface area (Å²) in [6.45, 7) is 0. The Bertz CT molecular complexity index is 397. The van der Waals surface area contributed by atoms with Gasteiger partial charge in [0, 0.05) is 12.8 Å². The smallest absolute Gasteiger partial charge is 0.305 e. The molecule has 3 heteroatoms. The van der Waals surface area contributed by atoms with Crippen LogP contribution in [-0.4, -0.2) is 19.4 Å². The van der Waals surface area contributed by atoms with Crippen molar-refractivity contribution in [2.75, 3.05) is 7.11 Å². The number of rotatable bonds is 8. The van der Waals surface area contributed by atoms with E-state index in [0.717, 1.165) is 25.5 Å². The molecule has 0 heterocycles. The number of carbonyl (C=O) groups is 2. The third-order valence-corrected chi connectivity index (χ3v) is 4.72. The fourth-order valence-electron chi connectivity index (χ4n) is 3.67. The van der Waals surface area contributed by atoms with Crippen molar-refractivity contribution in [3.63, 3.8) is 0 Å². The quantitative estimate of drug-likeness (QED) is 0.296. The molecule has 0 N–H and O–H groups in total. The van der Waals surface area contributed by atoms with Gasteiger partial charge in [-0.1, -0.05) is 24.3 Å². The van der Waals surface area contributed by atoms with E-state index in [1.807, 2.05) is 0 Å². The van der Waals surface area contributed by atoms with E-state index in [2.05, 4.69) is 29.0 Å². The lowest BCUT2D eigenvalue weighted by molar-refractivity contribution is -0.140. The first-order chi connectivity index (χ1) is 9.76. The van der Waals surface area contributed by atoms with Crippen molar-refractivity contribution >= 4 is 12.3 Å². The number of ether oxygens (including phenoxy) is 1. The summed E-state index contributed by atoms with van der Waals surface area (Å²) in [5.74, 6) is 2.34. The van der Waals surface area contributed by atoms with E-state index >= 15 is 0 Å². The molecule has 0 aromatic heterocycles. The largest absolute Gasteiger partial charge is 0.469 e. The molecule has 20 heavy (non-hydrogen) atoms. The number of esters is 1. The summed E-state index contributed by atoms with van der Waals surface area (Å²) in [7, 11) is 1.42. The molecule has 0 aromatic carbocycles. The molecule has 0 aliphatic heterocycles. The minimum absolute atomic E-state index is 0.136. The van der Waals surface area contributed by atoms with Crippen LogP contribution in [0.4, 0.5) is 0 Å². The number of methoxy groups -OCH3 is 1. The van der Waals surface area contributed by atoms with Gasteiger partial charge in [0.2, 0.25) is 0 Å². The molecule has 0 radical (unpaired) electrons. The minimum Gasteiger partial charge on any atom is -0.469 e. The highest BCUT2D eigenvalue weighted by Crippen LogP contribution is 2.50. The van der Waals surface area contributed by atoms with Crippen molar-refractivity contribution in [2.24, 2.45) is 23.7 Å². The second-order valence-corrected chi connectivity index (χ2v) is 5.85. The van der Waals surface area contributed by atoms with Crippen LogP contribution in [0.15, 0.2) is 24.3 Å². The first-order valence-corrected chi connectivity index (χ1v) is 7.60. The Labute approximate surface area is 121 Å². The Morgan fingerprint density at radius 1 is 1.20 bits per heavy atom. The Hall–Kier alpha value is -1.38. The van der Waals surface area contributed by atoms with Gasteiger partial charge < -0.3 is 9.53 Å². The Morgan fingerprint density at radius 3 is 2.55 bits per heavy atom. The molecule has 2 rings (SSSR count). The SMILES string of the molecule is COC(=O)CCCC=CCC1C2C=CC(C2)C1CC=O. The molecule has 3 nitrogen and oxygen atoms in total. The van der Waals surface area contributed by atoms with E-state index in [1.54, 1.807) is 0 Å². The van der Waals surface area contributed by atoms with E-state index in [4.69, 9.17) is 0 Å². The van der Waals surface area contributed by atoms with Gasteiger partial charge in [0.1, 0.15) is 6.29 Å². The van der Waals surface area contributed by atoms with E-state index in [0.29, 0.717) is 36.5 Å².